The Morgan fingerprint density at radius 1 is 1.00 bits per heavy atom. The predicted molar refractivity (Wildman–Crippen MR) is 127 cm³/mol. The molecule has 2 aromatic carbocycles. The summed E-state index contributed by atoms with van der Waals surface area (Å²) in [4.78, 5) is 27.8. The molecule has 0 spiro atoms. The van der Waals surface area contributed by atoms with Crippen molar-refractivity contribution in [2.24, 2.45) is 0 Å². The highest BCUT2D eigenvalue weighted by Crippen LogP contribution is 2.45. The molecule has 1 heterocycles. The van der Waals surface area contributed by atoms with Gasteiger partial charge in [0.1, 0.15) is 0 Å². The first-order valence-electron chi connectivity index (χ1n) is 11.2. The highest BCUT2D eigenvalue weighted by Gasteiger charge is 2.41. The molecule has 1 aliphatic heterocycles. The van der Waals surface area contributed by atoms with Gasteiger partial charge in [-0.25, -0.2) is 9.59 Å². The van der Waals surface area contributed by atoms with Gasteiger partial charge in [-0.1, -0.05) is 23.2 Å². The number of nitrogens with zero attached hydrogens (tertiary/aromatic N) is 2. The van der Waals surface area contributed by atoms with Crippen molar-refractivity contribution in [3.8, 4) is 0 Å². The van der Waals surface area contributed by atoms with Crippen LogP contribution in [0.5, 0.6) is 0 Å². The second-order valence-electron chi connectivity index (χ2n) is 8.51. The minimum absolute atomic E-state index is 0.00293. The summed E-state index contributed by atoms with van der Waals surface area (Å²) in [6.07, 6.45) is -11.8. The number of hydrogen-bond acceptors (Lipinski definition) is 4. The maximum atomic E-state index is 13.4. The summed E-state index contributed by atoms with van der Waals surface area (Å²) >= 11 is 12.4. The molecule has 0 aliphatic carbocycles. The predicted octanol–water partition coefficient (Wildman–Crippen LogP) is 8.10. The van der Waals surface area contributed by atoms with Gasteiger partial charge in [0.15, 0.2) is 0 Å². The summed E-state index contributed by atoms with van der Waals surface area (Å²) in [5.74, 6) is 0. The van der Waals surface area contributed by atoms with Gasteiger partial charge in [0.25, 0.3) is 0 Å². The van der Waals surface area contributed by atoms with E-state index < -0.39 is 59.9 Å². The molecule has 0 saturated heterocycles. The third-order valence-corrected chi connectivity index (χ3v) is 6.67. The Hall–Kier alpha value is -2.86. The lowest BCUT2D eigenvalue weighted by Crippen LogP contribution is -2.47. The van der Waals surface area contributed by atoms with Gasteiger partial charge in [-0.2, -0.15) is 26.3 Å². The lowest BCUT2D eigenvalue weighted by Gasteiger charge is -2.42. The van der Waals surface area contributed by atoms with Crippen molar-refractivity contribution in [1.82, 2.24) is 4.90 Å². The number of amides is 2. The molecule has 2 unspecified atom stereocenters. The van der Waals surface area contributed by atoms with Gasteiger partial charge in [0, 0.05) is 18.2 Å². The lowest BCUT2D eigenvalue weighted by molar-refractivity contribution is -0.143. The highest BCUT2D eigenvalue weighted by atomic mass is 35.5. The topological polar surface area (TPSA) is 59.1 Å². The Morgan fingerprint density at radius 3 is 2.05 bits per heavy atom. The molecule has 2 aromatic rings. The summed E-state index contributed by atoms with van der Waals surface area (Å²) < 4.78 is 90.4. The van der Waals surface area contributed by atoms with Crippen LogP contribution in [0, 0.1) is 0 Å². The summed E-state index contributed by atoms with van der Waals surface area (Å²) in [5.41, 5.74) is -2.98. The van der Waals surface area contributed by atoms with Crippen molar-refractivity contribution in [3.05, 3.63) is 62.6 Å². The van der Waals surface area contributed by atoms with E-state index in [9.17, 15) is 35.9 Å². The Kier molecular flexibility index (Phi) is 8.67. The highest BCUT2D eigenvalue weighted by molar-refractivity contribution is 6.42. The van der Waals surface area contributed by atoms with Crippen LogP contribution < -0.4 is 4.90 Å². The third kappa shape index (κ3) is 6.23. The number of methoxy groups -OCH3 is 1. The van der Waals surface area contributed by atoms with Crippen molar-refractivity contribution in [2.45, 2.75) is 51.2 Å². The fraction of sp³-hybridized carbons (Fsp3) is 0.417. The van der Waals surface area contributed by atoms with Gasteiger partial charge in [-0.3, -0.25) is 9.80 Å². The van der Waals surface area contributed by atoms with Crippen molar-refractivity contribution >= 4 is 41.1 Å². The number of anilines is 1. The molecule has 0 bridgehead atoms. The van der Waals surface area contributed by atoms with E-state index in [4.69, 9.17) is 32.7 Å². The second kappa shape index (κ2) is 11.1. The van der Waals surface area contributed by atoms with Crippen LogP contribution in [0.1, 0.15) is 48.6 Å². The van der Waals surface area contributed by atoms with Crippen molar-refractivity contribution in [2.75, 3.05) is 18.6 Å². The Morgan fingerprint density at radius 2 is 1.55 bits per heavy atom. The van der Waals surface area contributed by atoms with E-state index in [1.165, 1.54) is 17.0 Å². The van der Waals surface area contributed by atoms with E-state index in [2.05, 4.69) is 0 Å². The minimum atomic E-state index is -5.07. The smallest absolute Gasteiger partial charge is 0.416 e. The summed E-state index contributed by atoms with van der Waals surface area (Å²) in [6.45, 7) is 2.63. The number of ether oxygens (including phenoxy) is 2. The average Bonchev–Trinajstić information content (AvgIpc) is 2.81. The molecular formula is C24H22Cl2F6N2O4. The van der Waals surface area contributed by atoms with Gasteiger partial charge in [-0.15, -0.1) is 0 Å². The number of halogens is 8. The molecule has 6 nitrogen and oxygen atoms in total. The number of carbonyl (C=O) groups excluding carboxylic acids is 2. The number of hydrogen-bond donors (Lipinski definition) is 0. The van der Waals surface area contributed by atoms with Gasteiger partial charge in [0.2, 0.25) is 0 Å². The number of fused-ring (bicyclic) bond motifs is 1. The van der Waals surface area contributed by atoms with Crippen LogP contribution in [-0.4, -0.2) is 36.8 Å². The lowest BCUT2D eigenvalue weighted by atomic mass is 9.90. The molecule has 0 saturated carbocycles. The number of rotatable bonds is 4. The Labute approximate surface area is 224 Å². The molecule has 0 fully saturated rings. The number of alkyl halides is 6. The van der Waals surface area contributed by atoms with E-state index in [1.807, 2.05) is 0 Å². The zero-order chi connectivity index (χ0) is 28.6. The normalized spacial score (nSPS) is 17.6. The van der Waals surface area contributed by atoms with Crippen LogP contribution in [0.25, 0.3) is 0 Å². The first kappa shape index (κ1) is 29.7. The van der Waals surface area contributed by atoms with Crippen LogP contribution in [0.2, 0.25) is 10.0 Å². The minimum Gasteiger partial charge on any atom is -0.453 e. The number of benzene rings is 2. The Bertz CT molecular complexity index is 1190. The van der Waals surface area contributed by atoms with Crippen LogP contribution >= 0.6 is 23.2 Å². The van der Waals surface area contributed by atoms with Crippen LogP contribution in [0.15, 0.2) is 30.3 Å². The molecule has 2 amide bonds. The zero-order valence-corrected chi connectivity index (χ0v) is 21.7. The van der Waals surface area contributed by atoms with E-state index in [0.29, 0.717) is 12.1 Å². The van der Waals surface area contributed by atoms with Crippen molar-refractivity contribution in [1.29, 1.82) is 0 Å². The van der Waals surface area contributed by atoms with E-state index in [1.54, 1.807) is 13.8 Å². The quantitative estimate of drug-likeness (QED) is 0.340. The molecule has 0 N–H and O–H groups in total. The molecule has 0 radical (unpaired) electrons. The first-order chi connectivity index (χ1) is 17.6. The molecule has 3 rings (SSSR count). The largest absolute Gasteiger partial charge is 0.453 e. The summed E-state index contributed by atoms with van der Waals surface area (Å²) in [7, 11) is 1.02. The molecule has 2 atom stereocenters. The molecule has 0 aromatic heterocycles. The Balaban J connectivity index is 2.16. The SMILES string of the molecule is CCOC(=O)N1c2cc(Cl)c(Cl)cc2C(N(Cc2cc(C(F)(F)F)cc(C(F)(F)F)c2)C(=O)OC)CC1C. The average molecular weight is 587 g/mol. The maximum absolute atomic E-state index is 13.4. The summed E-state index contributed by atoms with van der Waals surface area (Å²) in [5, 5.41) is 0.127. The van der Waals surface area contributed by atoms with Crippen molar-refractivity contribution < 1.29 is 45.4 Å². The zero-order valence-electron chi connectivity index (χ0n) is 20.2. The fourth-order valence-corrected chi connectivity index (χ4v) is 4.64. The van der Waals surface area contributed by atoms with Crippen molar-refractivity contribution in [3.63, 3.8) is 0 Å². The summed E-state index contributed by atoms with van der Waals surface area (Å²) in [6, 6.07) is 2.25. The van der Waals surface area contributed by atoms with Gasteiger partial charge in [-0.05, 0) is 56.2 Å². The molecule has 38 heavy (non-hydrogen) atoms. The van der Waals surface area contributed by atoms with Gasteiger partial charge >= 0.3 is 24.5 Å². The van der Waals surface area contributed by atoms with Gasteiger partial charge < -0.3 is 9.47 Å². The molecule has 208 valence electrons. The first-order valence-corrected chi connectivity index (χ1v) is 11.9. The monoisotopic (exact) mass is 586 g/mol. The second-order valence-corrected chi connectivity index (χ2v) is 9.32. The van der Waals surface area contributed by atoms with E-state index >= 15 is 0 Å². The number of carbonyl (C=O) groups is 2. The molecule has 1 aliphatic rings. The van der Waals surface area contributed by atoms with Crippen LogP contribution in [0.4, 0.5) is 41.6 Å². The maximum Gasteiger partial charge on any atom is 0.416 e. The molecule has 14 heteroatoms. The third-order valence-electron chi connectivity index (χ3n) is 5.94. The fourth-order valence-electron chi connectivity index (χ4n) is 4.31. The van der Waals surface area contributed by atoms with E-state index in [-0.39, 0.29) is 40.4 Å². The van der Waals surface area contributed by atoms with Crippen LogP contribution in [-0.2, 0) is 28.4 Å². The van der Waals surface area contributed by atoms with Gasteiger partial charge in [0.05, 0.1) is 46.6 Å². The van der Waals surface area contributed by atoms with E-state index in [0.717, 1.165) is 12.0 Å². The molecular weight excluding hydrogens is 565 g/mol. The van der Waals surface area contributed by atoms with Crippen LogP contribution in [0.3, 0.4) is 0 Å². The standard InChI is InChI=1S/C24H22Cl2F6N2O4/c1-4-38-22(36)34-12(2)5-19(16-9-17(25)18(26)10-20(16)34)33(21(35)37-3)11-13-6-14(23(27,28)29)8-15(7-13)24(30,31)32/h6-10,12,19H,4-5,11H2,1-3H3.